The number of likely N-dealkylation sites (tertiary alicyclic amines) is 1. The first-order valence-corrected chi connectivity index (χ1v) is 10.1. The van der Waals surface area contributed by atoms with E-state index in [-0.39, 0.29) is 24.9 Å². The van der Waals surface area contributed by atoms with Gasteiger partial charge >= 0.3 is 0 Å². The van der Waals surface area contributed by atoms with E-state index in [1.165, 1.54) is 12.8 Å². The normalized spacial score (nSPS) is 14.6. The molecule has 1 aromatic carbocycles. The monoisotopic (exact) mass is 391 g/mol. The second-order valence-corrected chi connectivity index (χ2v) is 7.30. The Hall–Kier alpha value is -3.22. The Morgan fingerprint density at radius 3 is 2.48 bits per heavy atom. The van der Waals surface area contributed by atoms with Crippen LogP contribution in [0.2, 0.25) is 0 Å². The van der Waals surface area contributed by atoms with E-state index in [1.54, 1.807) is 24.4 Å². The molecule has 1 aliphatic heterocycles. The SMILES string of the molecule is O=C(NCc1nc2ccccc2n1CC(=O)N1CCCCCC1)c1ccccn1. The molecular formula is C22H25N5O2. The predicted molar refractivity (Wildman–Crippen MR) is 110 cm³/mol. The smallest absolute Gasteiger partial charge is 0.270 e. The van der Waals surface area contributed by atoms with E-state index in [9.17, 15) is 9.59 Å². The number of carbonyl (C=O) groups is 2. The number of rotatable bonds is 5. The van der Waals surface area contributed by atoms with Gasteiger partial charge in [0.25, 0.3) is 5.91 Å². The molecule has 1 fully saturated rings. The lowest BCUT2D eigenvalue weighted by Gasteiger charge is -2.21. The number of imidazole rings is 1. The van der Waals surface area contributed by atoms with E-state index in [1.807, 2.05) is 33.7 Å². The highest BCUT2D eigenvalue weighted by atomic mass is 16.2. The first-order chi connectivity index (χ1) is 14.2. The molecule has 3 heterocycles. The summed E-state index contributed by atoms with van der Waals surface area (Å²) < 4.78 is 1.92. The molecule has 0 radical (unpaired) electrons. The van der Waals surface area contributed by atoms with Crippen LogP contribution >= 0.6 is 0 Å². The Morgan fingerprint density at radius 1 is 0.966 bits per heavy atom. The van der Waals surface area contributed by atoms with Crippen LogP contribution in [0.3, 0.4) is 0 Å². The largest absolute Gasteiger partial charge is 0.343 e. The molecule has 1 N–H and O–H groups in total. The molecular weight excluding hydrogens is 366 g/mol. The predicted octanol–water partition coefficient (Wildman–Crippen LogP) is 2.76. The summed E-state index contributed by atoms with van der Waals surface area (Å²) >= 11 is 0. The third kappa shape index (κ3) is 4.45. The van der Waals surface area contributed by atoms with Crippen LogP contribution in [0, 0.1) is 0 Å². The summed E-state index contributed by atoms with van der Waals surface area (Å²) in [5.74, 6) is 0.508. The van der Waals surface area contributed by atoms with Gasteiger partial charge in [-0.15, -0.1) is 0 Å². The molecule has 2 amide bonds. The molecule has 1 aliphatic rings. The van der Waals surface area contributed by atoms with Gasteiger partial charge < -0.3 is 14.8 Å². The summed E-state index contributed by atoms with van der Waals surface area (Å²) in [5.41, 5.74) is 2.08. The van der Waals surface area contributed by atoms with E-state index >= 15 is 0 Å². The van der Waals surface area contributed by atoms with Crippen molar-refractivity contribution in [3.05, 3.63) is 60.2 Å². The minimum Gasteiger partial charge on any atom is -0.343 e. The van der Waals surface area contributed by atoms with Gasteiger partial charge in [0.2, 0.25) is 5.91 Å². The Labute approximate surface area is 169 Å². The summed E-state index contributed by atoms with van der Waals surface area (Å²) in [6.07, 6.45) is 6.07. The molecule has 3 aromatic rings. The highest BCUT2D eigenvalue weighted by Crippen LogP contribution is 2.18. The highest BCUT2D eigenvalue weighted by molar-refractivity contribution is 5.92. The Morgan fingerprint density at radius 2 is 1.72 bits per heavy atom. The minimum absolute atomic E-state index is 0.104. The second kappa shape index (κ2) is 8.86. The maximum absolute atomic E-state index is 13.0. The number of hydrogen-bond donors (Lipinski definition) is 1. The van der Waals surface area contributed by atoms with Gasteiger partial charge in [-0.05, 0) is 37.1 Å². The zero-order valence-electron chi connectivity index (χ0n) is 16.4. The number of pyridine rings is 1. The minimum atomic E-state index is -0.261. The van der Waals surface area contributed by atoms with E-state index in [4.69, 9.17) is 0 Å². The van der Waals surface area contributed by atoms with Crippen LogP contribution in [0.25, 0.3) is 11.0 Å². The van der Waals surface area contributed by atoms with Gasteiger partial charge in [0, 0.05) is 19.3 Å². The van der Waals surface area contributed by atoms with Crippen molar-refractivity contribution in [2.45, 2.75) is 38.8 Å². The van der Waals surface area contributed by atoms with Crippen molar-refractivity contribution in [3.63, 3.8) is 0 Å². The lowest BCUT2D eigenvalue weighted by molar-refractivity contribution is -0.131. The average molecular weight is 391 g/mol. The van der Waals surface area contributed by atoms with Crippen molar-refractivity contribution >= 4 is 22.8 Å². The van der Waals surface area contributed by atoms with Crippen LogP contribution in [0.5, 0.6) is 0 Å². The molecule has 29 heavy (non-hydrogen) atoms. The van der Waals surface area contributed by atoms with Crippen molar-refractivity contribution in [1.82, 2.24) is 24.8 Å². The number of nitrogens with one attached hydrogen (secondary N) is 1. The molecule has 0 bridgehead atoms. The molecule has 4 rings (SSSR count). The molecule has 0 spiro atoms. The van der Waals surface area contributed by atoms with E-state index < -0.39 is 0 Å². The fourth-order valence-corrected chi connectivity index (χ4v) is 3.74. The lowest BCUT2D eigenvalue weighted by Crippen LogP contribution is -2.35. The van der Waals surface area contributed by atoms with Crippen LogP contribution in [-0.2, 0) is 17.9 Å². The number of carbonyl (C=O) groups excluding carboxylic acids is 2. The van der Waals surface area contributed by atoms with E-state index in [0.717, 1.165) is 37.0 Å². The lowest BCUT2D eigenvalue weighted by atomic mass is 10.2. The Bertz CT molecular complexity index is 991. The number of benzene rings is 1. The fourth-order valence-electron chi connectivity index (χ4n) is 3.74. The van der Waals surface area contributed by atoms with Crippen LogP contribution in [0.15, 0.2) is 48.7 Å². The van der Waals surface area contributed by atoms with Crippen molar-refractivity contribution in [1.29, 1.82) is 0 Å². The van der Waals surface area contributed by atoms with E-state index in [0.29, 0.717) is 11.5 Å². The van der Waals surface area contributed by atoms with E-state index in [2.05, 4.69) is 15.3 Å². The molecule has 7 nitrogen and oxygen atoms in total. The van der Waals surface area contributed by atoms with Gasteiger partial charge in [-0.25, -0.2) is 4.98 Å². The standard InChI is InChI=1S/C22H25N5O2/c28-21(26-13-7-1-2-8-14-26)16-27-19-11-4-3-9-17(19)25-20(27)15-24-22(29)18-10-5-6-12-23-18/h3-6,9-12H,1-2,7-8,13-16H2,(H,24,29). The topological polar surface area (TPSA) is 80.1 Å². The van der Waals surface area contributed by atoms with Crippen LogP contribution in [0.1, 0.15) is 42.0 Å². The molecule has 0 aliphatic carbocycles. The molecule has 150 valence electrons. The van der Waals surface area contributed by atoms with Crippen molar-refractivity contribution in [2.24, 2.45) is 0 Å². The zero-order chi connectivity index (χ0) is 20.1. The molecule has 2 aromatic heterocycles. The first kappa shape index (κ1) is 19.1. The summed E-state index contributed by atoms with van der Waals surface area (Å²) in [5, 5.41) is 2.87. The summed E-state index contributed by atoms with van der Waals surface area (Å²) in [7, 11) is 0. The number of fused-ring (bicyclic) bond motifs is 1. The number of hydrogen-bond acceptors (Lipinski definition) is 4. The fraction of sp³-hybridized carbons (Fsp3) is 0.364. The quantitative estimate of drug-likeness (QED) is 0.725. The van der Waals surface area contributed by atoms with Crippen molar-refractivity contribution in [2.75, 3.05) is 13.1 Å². The number of nitrogens with zero attached hydrogens (tertiary/aromatic N) is 4. The first-order valence-electron chi connectivity index (χ1n) is 10.1. The number of para-hydroxylation sites is 2. The van der Waals surface area contributed by atoms with Crippen molar-refractivity contribution < 1.29 is 9.59 Å². The number of amides is 2. The molecule has 0 unspecified atom stereocenters. The van der Waals surface area contributed by atoms with Gasteiger partial charge in [0.05, 0.1) is 17.6 Å². The van der Waals surface area contributed by atoms with Gasteiger partial charge in [0.1, 0.15) is 18.1 Å². The molecule has 1 saturated heterocycles. The molecule has 0 atom stereocenters. The maximum Gasteiger partial charge on any atom is 0.270 e. The van der Waals surface area contributed by atoms with Crippen molar-refractivity contribution in [3.8, 4) is 0 Å². The maximum atomic E-state index is 13.0. The molecule has 7 heteroatoms. The van der Waals surface area contributed by atoms with Crippen LogP contribution in [0.4, 0.5) is 0 Å². The summed E-state index contributed by atoms with van der Waals surface area (Å²) in [6.45, 7) is 2.10. The van der Waals surface area contributed by atoms with Crippen LogP contribution < -0.4 is 5.32 Å². The molecule has 0 saturated carbocycles. The van der Waals surface area contributed by atoms with Gasteiger partial charge in [0.15, 0.2) is 0 Å². The second-order valence-electron chi connectivity index (χ2n) is 7.30. The summed E-state index contributed by atoms with van der Waals surface area (Å²) in [6, 6.07) is 13.0. The third-order valence-electron chi connectivity index (χ3n) is 5.29. The van der Waals surface area contributed by atoms with Gasteiger partial charge in [-0.3, -0.25) is 14.6 Å². The van der Waals surface area contributed by atoms with Crippen LogP contribution in [-0.4, -0.2) is 44.3 Å². The highest BCUT2D eigenvalue weighted by Gasteiger charge is 2.19. The third-order valence-corrected chi connectivity index (χ3v) is 5.29. The number of aromatic nitrogens is 3. The Balaban J connectivity index is 1.54. The van der Waals surface area contributed by atoms with Gasteiger partial charge in [-0.1, -0.05) is 31.0 Å². The summed E-state index contributed by atoms with van der Waals surface area (Å²) in [4.78, 5) is 36.0. The average Bonchev–Trinajstić information content (AvgIpc) is 2.92. The van der Waals surface area contributed by atoms with Gasteiger partial charge in [-0.2, -0.15) is 0 Å². The zero-order valence-corrected chi connectivity index (χ0v) is 16.4. The Kier molecular flexibility index (Phi) is 5.84.